The number of hydrogen-bond acceptors (Lipinski definition) is 0. The number of hydrogen-bond donors (Lipinski definition) is 0. The van der Waals surface area contributed by atoms with Gasteiger partial charge in [0.1, 0.15) is 0 Å². The van der Waals surface area contributed by atoms with Crippen LogP contribution >= 0.6 is 13.5 Å². The van der Waals surface area contributed by atoms with E-state index in [1.54, 1.807) is 0 Å². The van der Waals surface area contributed by atoms with Gasteiger partial charge in [0.2, 0.25) is 0 Å². The Labute approximate surface area is 46.7 Å². The van der Waals surface area contributed by atoms with Gasteiger partial charge in [0.15, 0.2) is 0 Å². The highest BCUT2D eigenvalue weighted by Gasteiger charge is 1.52. The first-order valence-corrected chi connectivity index (χ1v) is 2.03. The molecule has 38 valence electrons. The van der Waals surface area contributed by atoms with E-state index < -0.39 is 0 Å². The van der Waals surface area contributed by atoms with Gasteiger partial charge >= 0.3 is 0 Å². The predicted molar refractivity (Wildman–Crippen MR) is 35.5 cm³/mol. The monoisotopic (exact) mass is 104 g/mol. The summed E-state index contributed by atoms with van der Waals surface area (Å²) < 4.78 is 0. The molecule has 0 spiro atoms. The van der Waals surface area contributed by atoms with Crippen LogP contribution in [0.4, 0.5) is 0 Å². The van der Waals surface area contributed by atoms with Crippen LogP contribution in [0.3, 0.4) is 0 Å². The summed E-state index contributed by atoms with van der Waals surface area (Å²) >= 11 is 0. The molecular weight excluding hydrogens is 92.1 g/mol. The Balaban J connectivity index is 0. The van der Waals surface area contributed by atoms with Crippen molar-refractivity contribution in [2.24, 2.45) is 0 Å². The molecule has 0 N–H and O–H groups in total. The predicted octanol–water partition coefficient (Wildman–Crippen LogP) is 2.09. The van der Waals surface area contributed by atoms with Crippen molar-refractivity contribution >= 4 is 13.5 Å². The minimum absolute atomic E-state index is 0. The van der Waals surface area contributed by atoms with E-state index in [1.807, 2.05) is 6.92 Å². The van der Waals surface area contributed by atoms with Gasteiger partial charge in [-0.2, -0.15) is 13.5 Å². The largest absolute Gasteiger partial charge is 0.197 e. The summed E-state index contributed by atoms with van der Waals surface area (Å²) in [5.41, 5.74) is 0. The van der Waals surface area contributed by atoms with Crippen molar-refractivity contribution in [3.05, 3.63) is 12.2 Å². The van der Waals surface area contributed by atoms with Crippen LogP contribution in [0.5, 0.6) is 0 Å². The quantitative estimate of drug-likeness (QED) is 0.447. The fourth-order valence-electron chi connectivity index (χ4n) is 0.236. The fraction of sp³-hybridized carbons (Fsp3) is 0.600. The maximum atomic E-state index is 2.12. The average molecular weight is 104 g/mol. The van der Waals surface area contributed by atoms with Crippen molar-refractivity contribution in [3.8, 4) is 0 Å². The zero-order valence-electron chi connectivity index (χ0n) is 4.36. The van der Waals surface area contributed by atoms with Gasteiger partial charge in [-0.15, -0.1) is 0 Å². The summed E-state index contributed by atoms with van der Waals surface area (Å²) in [6.45, 7) is 4.16. The molecule has 0 aromatic rings. The minimum atomic E-state index is 0. The third-order valence-corrected chi connectivity index (χ3v) is 0.471. The molecule has 0 bridgehead atoms. The molecule has 0 saturated carbocycles. The molecule has 0 aliphatic carbocycles. The lowest BCUT2D eigenvalue weighted by Gasteiger charge is -1.65. The molecule has 0 atom stereocenters. The van der Waals surface area contributed by atoms with Gasteiger partial charge in [0.25, 0.3) is 0 Å². The number of rotatable bonds is 1. The Morgan fingerprint density at radius 1 is 1.50 bits per heavy atom. The summed E-state index contributed by atoms with van der Waals surface area (Å²) in [4.78, 5) is 0. The van der Waals surface area contributed by atoms with Crippen molar-refractivity contribution in [1.82, 2.24) is 0 Å². The molecular formula is C5H12S. The second-order valence-electron chi connectivity index (χ2n) is 0.977. The van der Waals surface area contributed by atoms with Crippen molar-refractivity contribution in [1.29, 1.82) is 0 Å². The van der Waals surface area contributed by atoms with Crippen LogP contribution in [0.15, 0.2) is 12.2 Å². The normalized spacial score (nSPS) is 8.33. The first-order valence-electron chi connectivity index (χ1n) is 2.03. The summed E-state index contributed by atoms with van der Waals surface area (Å²) in [6, 6.07) is 0. The highest BCUT2D eigenvalue weighted by molar-refractivity contribution is 7.59. The molecule has 0 rings (SSSR count). The van der Waals surface area contributed by atoms with Gasteiger partial charge in [-0.1, -0.05) is 19.1 Å². The van der Waals surface area contributed by atoms with E-state index in [0.717, 1.165) is 6.42 Å². The lowest BCUT2D eigenvalue weighted by atomic mass is 10.4. The van der Waals surface area contributed by atoms with Crippen molar-refractivity contribution < 1.29 is 0 Å². The van der Waals surface area contributed by atoms with Gasteiger partial charge in [-0.25, -0.2) is 0 Å². The van der Waals surface area contributed by atoms with Crippen LogP contribution in [0.25, 0.3) is 0 Å². The SMILES string of the molecule is CC=CCC.S. The van der Waals surface area contributed by atoms with E-state index in [9.17, 15) is 0 Å². The molecule has 1 heteroatoms. The van der Waals surface area contributed by atoms with Crippen molar-refractivity contribution in [2.75, 3.05) is 0 Å². The van der Waals surface area contributed by atoms with Crippen LogP contribution < -0.4 is 0 Å². The minimum Gasteiger partial charge on any atom is -0.197 e. The number of allylic oxidation sites excluding steroid dienone is 2. The zero-order valence-corrected chi connectivity index (χ0v) is 5.36. The lowest BCUT2D eigenvalue weighted by Crippen LogP contribution is -1.43. The zero-order chi connectivity index (χ0) is 4.12. The van der Waals surface area contributed by atoms with E-state index in [0.29, 0.717) is 0 Å². The van der Waals surface area contributed by atoms with Gasteiger partial charge < -0.3 is 0 Å². The Kier molecular flexibility index (Phi) is 14.0. The summed E-state index contributed by atoms with van der Waals surface area (Å²) in [6.07, 6.45) is 5.34. The Bertz CT molecular complexity index is 30.9. The molecule has 0 aliphatic heterocycles. The molecule has 0 unspecified atom stereocenters. The maximum absolute atomic E-state index is 2.12. The fourth-order valence-corrected chi connectivity index (χ4v) is 0.236. The standard InChI is InChI=1S/C5H10.H2S/c1-3-5-4-2;/h3,5H,4H2,1-2H3;1H2. The van der Waals surface area contributed by atoms with Crippen LogP contribution in [0.2, 0.25) is 0 Å². The van der Waals surface area contributed by atoms with E-state index in [4.69, 9.17) is 0 Å². The average Bonchev–Trinajstić information content (AvgIpc) is 1.41. The Hall–Kier alpha value is 0.0900. The molecule has 0 aliphatic rings. The van der Waals surface area contributed by atoms with E-state index in [1.165, 1.54) is 0 Å². The molecule has 0 radical (unpaired) electrons. The Morgan fingerprint density at radius 2 is 2.00 bits per heavy atom. The molecule has 0 saturated heterocycles. The van der Waals surface area contributed by atoms with E-state index in [-0.39, 0.29) is 13.5 Å². The summed E-state index contributed by atoms with van der Waals surface area (Å²) in [5.74, 6) is 0. The van der Waals surface area contributed by atoms with Gasteiger partial charge in [-0.3, -0.25) is 0 Å². The summed E-state index contributed by atoms with van der Waals surface area (Å²) in [7, 11) is 0. The van der Waals surface area contributed by atoms with Crippen LogP contribution in [0, 0.1) is 0 Å². The van der Waals surface area contributed by atoms with Crippen LogP contribution in [0.1, 0.15) is 20.3 Å². The highest BCUT2D eigenvalue weighted by Crippen LogP contribution is 1.73. The lowest BCUT2D eigenvalue weighted by molar-refractivity contribution is 1.22. The summed E-state index contributed by atoms with van der Waals surface area (Å²) in [5, 5.41) is 0. The first kappa shape index (κ1) is 9.43. The van der Waals surface area contributed by atoms with Crippen LogP contribution in [-0.2, 0) is 0 Å². The van der Waals surface area contributed by atoms with Crippen molar-refractivity contribution in [3.63, 3.8) is 0 Å². The van der Waals surface area contributed by atoms with Crippen LogP contribution in [-0.4, -0.2) is 0 Å². The van der Waals surface area contributed by atoms with Gasteiger partial charge in [0.05, 0.1) is 0 Å². The first-order chi connectivity index (χ1) is 2.41. The molecule has 6 heavy (non-hydrogen) atoms. The highest BCUT2D eigenvalue weighted by atomic mass is 32.1. The van der Waals surface area contributed by atoms with Gasteiger partial charge in [0, 0.05) is 0 Å². The smallest absolute Gasteiger partial charge is 0.0379 e. The van der Waals surface area contributed by atoms with Gasteiger partial charge in [-0.05, 0) is 13.3 Å². The molecule has 0 fully saturated rings. The molecule has 0 aromatic carbocycles. The third-order valence-electron chi connectivity index (χ3n) is 0.471. The molecule has 0 heterocycles. The van der Waals surface area contributed by atoms with Crippen molar-refractivity contribution in [2.45, 2.75) is 20.3 Å². The molecule has 0 amide bonds. The van der Waals surface area contributed by atoms with E-state index >= 15 is 0 Å². The second kappa shape index (κ2) is 8.92. The Morgan fingerprint density at radius 3 is 2.00 bits per heavy atom. The molecule has 0 nitrogen and oxygen atoms in total. The maximum Gasteiger partial charge on any atom is -0.0379 e. The second-order valence-corrected chi connectivity index (χ2v) is 0.977. The third kappa shape index (κ3) is 8.94. The topological polar surface area (TPSA) is 0 Å². The molecule has 0 aromatic heterocycles. The van der Waals surface area contributed by atoms with E-state index in [2.05, 4.69) is 19.1 Å².